The van der Waals surface area contributed by atoms with Crippen molar-refractivity contribution < 1.29 is 9.53 Å². The molecule has 0 atom stereocenters. The summed E-state index contributed by atoms with van der Waals surface area (Å²) >= 11 is 0. The molecule has 1 aromatic carbocycles. The van der Waals surface area contributed by atoms with Crippen LogP contribution in [0.15, 0.2) is 30.6 Å². The number of nitrogens with one attached hydrogen (secondary N) is 2. The molecule has 0 unspecified atom stereocenters. The highest BCUT2D eigenvalue weighted by molar-refractivity contribution is 6.04. The van der Waals surface area contributed by atoms with Crippen LogP contribution in [0.2, 0.25) is 0 Å². The van der Waals surface area contributed by atoms with Crippen molar-refractivity contribution in [3.8, 4) is 0 Å². The Morgan fingerprint density at radius 3 is 2.65 bits per heavy atom. The van der Waals surface area contributed by atoms with Crippen LogP contribution in [0.25, 0.3) is 0 Å². The van der Waals surface area contributed by atoms with Crippen molar-refractivity contribution in [2.24, 2.45) is 0 Å². The lowest BCUT2D eigenvalue weighted by Crippen LogP contribution is -2.14. The Kier molecular flexibility index (Phi) is 6.05. The number of carbonyl (C=O) groups excluding carboxylic acids is 1. The van der Waals surface area contributed by atoms with E-state index in [0.29, 0.717) is 18.1 Å². The third-order valence-electron chi connectivity index (χ3n) is 3.36. The normalized spacial score (nSPS) is 10.4. The van der Waals surface area contributed by atoms with Crippen molar-refractivity contribution in [2.45, 2.75) is 20.3 Å². The van der Waals surface area contributed by atoms with E-state index in [2.05, 4.69) is 20.6 Å². The van der Waals surface area contributed by atoms with Crippen LogP contribution in [0.3, 0.4) is 0 Å². The van der Waals surface area contributed by atoms with Crippen molar-refractivity contribution in [2.75, 3.05) is 30.9 Å². The number of amides is 1. The Balaban J connectivity index is 1.96. The first-order valence-corrected chi connectivity index (χ1v) is 7.53. The zero-order valence-electron chi connectivity index (χ0n) is 13.7. The average molecular weight is 314 g/mol. The molecule has 1 aromatic heterocycles. The van der Waals surface area contributed by atoms with Gasteiger partial charge in [0.25, 0.3) is 5.91 Å². The monoisotopic (exact) mass is 314 g/mol. The Hall–Kier alpha value is -2.47. The molecule has 0 saturated carbocycles. The van der Waals surface area contributed by atoms with E-state index in [1.54, 1.807) is 7.11 Å². The van der Waals surface area contributed by atoms with Crippen molar-refractivity contribution in [3.63, 3.8) is 0 Å². The summed E-state index contributed by atoms with van der Waals surface area (Å²) in [5.74, 6) is 0.286. The van der Waals surface area contributed by atoms with Gasteiger partial charge in [0.2, 0.25) is 5.95 Å². The van der Waals surface area contributed by atoms with E-state index < -0.39 is 0 Å². The lowest BCUT2D eigenvalue weighted by Gasteiger charge is -2.09. The summed E-state index contributed by atoms with van der Waals surface area (Å²) in [6.45, 7) is 5.35. The number of carbonyl (C=O) groups is 1. The second kappa shape index (κ2) is 8.24. The van der Waals surface area contributed by atoms with Gasteiger partial charge in [0, 0.05) is 38.3 Å². The highest BCUT2D eigenvalue weighted by atomic mass is 16.5. The molecule has 6 nitrogen and oxygen atoms in total. The van der Waals surface area contributed by atoms with E-state index in [4.69, 9.17) is 4.74 Å². The number of nitrogens with zero attached hydrogens (tertiary/aromatic N) is 2. The molecule has 2 N–H and O–H groups in total. The molecule has 0 aliphatic heterocycles. The topological polar surface area (TPSA) is 76.1 Å². The van der Waals surface area contributed by atoms with Crippen molar-refractivity contribution >= 4 is 17.5 Å². The maximum absolute atomic E-state index is 12.3. The summed E-state index contributed by atoms with van der Waals surface area (Å²) in [5.41, 5.74) is 3.34. The minimum absolute atomic E-state index is 0.218. The molecule has 2 aromatic rings. The molecule has 0 aliphatic rings. The molecule has 0 saturated heterocycles. The minimum atomic E-state index is -0.218. The number of hydrogen-bond acceptors (Lipinski definition) is 5. The number of aromatic nitrogens is 2. The molecular formula is C17H22N4O2. The van der Waals surface area contributed by atoms with Crippen LogP contribution in [0.5, 0.6) is 0 Å². The highest BCUT2D eigenvalue weighted by Crippen LogP contribution is 2.17. The van der Waals surface area contributed by atoms with E-state index in [1.807, 2.05) is 32.0 Å². The van der Waals surface area contributed by atoms with Gasteiger partial charge in [0.1, 0.15) is 0 Å². The number of hydrogen-bond donors (Lipinski definition) is 2. The molecule has 0 fully saturated rings. The fourth-order valence-electron chi connectivity index (χ4n) is 2.02. The van der Waals surface area contributed by atoms with E-state index in [1.165, 1.54) is 12.4 Å². The Labute approximate surface area is 136 Å². The van der Waals surface area contributed by atoms with Gasteiger partial charge in [-0.2, -0.15) is 0 Å². The summed E-state index contributed by atoms with van der Waals surface area (Å²) in [7, 11) is 1.67. The average Bonchev–Trinajstić information content (AvgIpc) is 2.55. The molecule has 0 spiro atoms. The molecule has 0 aliphatic carbocycles. The molecule has 1 heterocycles. The second-order valence-electron chi connectivity index (χ2n) is 5.34. The first kappa shape index (κ1) is 16.9. The minimum Gasteiger partial charge on any atom is -0.385 e. The zero-order chi connectivity index (χ0) is 16.7. The molecule has 0 radical (unpaired) electrons. The first-order valence-electron chi connectivity index (χ1n) is 7.53. The van der Waals surface area contributed by atoms with Crippen LogP contribution >= 0.6 is 0 Å². The van der Waals surface area contributed by atoms with Crippen LogP contribution in [0, 0.1) is 13.8 Å². The smallest absolute Gasteiger partial charge is 0.258 e. The van der Waals surface area contributed by atoms with Crippen molar-refractivity contribution in [1.82, 2.24) is 9.97 Å². The van der Waals surface area contributed by atoms with Crippen LogP contribution in [0.4, 0.5) is 11.6 Å². The van der Waals surface area contributed by atoms with Crippen LogP contribution < -0.4 is 10.6 Å². The fraction of sp³-hybridized carbons (Fsp3) is 0.353. The van der Waals surface area contributed by atoms with Gasteiger partial charge in [-0.05, 0) is 37.5 Å². The third kappa shape index (κ3) is 5.03. The Bertz CT molecular complexity index is 656. The van der Waals surface area contributed by atoms with E-state index >= 15 is 0 Å². The number of aryl methyl sites for hydroxylation is 2. The summed E-state index contributed by atoms with van der Waals surface area (Å²) < 4.78 is 4.97. The predicted molar refractivity (Wildman–Crippen MR) is 90.9 cm³/mol. The molecule has 1 amide bonds. The third-order valence-corrected chi connectivity index (χ3v) is 3.36. The second-order valence-corrected chi connectivity index (χ2v) is 5.34. The lowest BCUT2D eigenvalue weighted by atomic mass is 10.1. The molecule has 122 valence electrons. The van der Waals surface area contributed by atoms with Gasteiger partial charge in [-0.25, -0.2) is 9.97 Å². The molecule has 0 bridgehead atoms. The van der Waals surface area contributed by atoms with Crippen molar-refractivity contribution in [3.05, 3.63) is 47.3 Å². The van der Waals surface area contributed by atoms with E-state index in [0.717, 1.165) is 29.8 Å². The van der Waals surface area contributed by atoms with Gasteiger partial charge < -0.3 is 15.4 Å². The van der Waals surface area contributed by atoms with Crippen LogP contribution in [-0.2, 0) is 4.74 Å². The van der Waals surface area contributed by atoms with Crippen molar-refractivity contribution in [1.29, 1.82) is 0 Å². The number of rotatable bonds is 7. The molecular weight excluding hydrogens is 292 g/mol. The quantitative estimate of drug-likeness (QED) is 0.769. The number of ether oxygens (including phenoxy) is 1. The highest BCUT2D eigenvalue weighted by Gasteiger charge is 2.09. The maximum atomic E-state index is 12.3. The predicted octanol–water partition coefficient (Wildman–Crippen LogP) is 2.79. The van der Waals surface area contributed by atoms with Gasteiger partial charge in [0.05, 0.1) is 5.56 Å². The molecule has 2 rings (SSSR count). The first-order chi connectivity index (χ1) is 11.1. The lowest BCUT2D eigenvalue weighted by molar-refractivity contribution is 0.102. The summed E-state index contributed by atoms with van der Waals surface area (Å²) in [4.78, 5) is 20.6. The van der Waals surface area contributed by atoms with Gasteiger partial charge in [-0.15, -0.1) is 0 Å². The molecule has 6 heteroatoms. The summed E-state index contributed by atoms with van der Waals surface area (Å²) in [6.07, 6.45) is 3.91. The van der Waals surface area contributed by atoms with Crippen LogP contribution in [0.1, 0.15) is 27.9 Å². The number of benzene rings is 1. The Morgan fingerprint density at radius 2 is 1.96 bits per heavy atom. The van der Waals surface area contributed by atoms with E-state index in [9.17, 15) is 4.79 Å². The van der Waals surface area contributed by atoms with Gasteiger partial charge in [-0.3, -0.25) is 4.79 Å². The Morgan fingerprint density at radius 1 is 1.22 bits per heavy atom. The number of methoxy groups -OCH3 is 1. The van der Waals surface area contributed by atoms with Crippen LogP contribution in [-0.4, -0.2) is 36.1 Å². The standard InChI is InChI=1S/C17H22N4O2/c1-12-5-6-13(2)15(9-12)21-16(22)14-10-19-17(20-11-14)18-7-4-8-23-3/h5-6,9-11H,4,7-8H2,1-3H3,(H,21,22)(H,18,19,20). The number of anilines is 2. The zero-order valence-corrected chi connectivity index (χ0v) is 13.7. The fourth-order valence-corrected chi connectivity index (χ4v) is 2.02. The summed E-state index contributed by atoms with van der Waals surface area (Å²) in [6, 6.07) is 5.94. The van der Waals surface area contributed by atoms with E-state index in [-0.39, 0.29) is 5.91 Å². The largest absolute Gasteiger partial charge is 0.385 e. The molecule has 23 heavy (non-hydrogen) atoms. The van der Waals surface area contributed by atoms with Gasteiger partial charge in [-0.1, -0.05) is 12.1 Å². The SMILES string of the molecule is COCCCNc1ncc(C(=O)Nc2cc(C)ccc2C)cn1. The maximum Gasteiger partial charge on any atom is 0.258 e. The van der Waals surface area contributed by atoms with Gasteiger partial charge in [0.15, 0.2) is 0 Å². The summed E-state index contributed by atoms with van der Waals surface area (Å²) in [5, 5.41) is 5.97. The van der Waals surface area contributed by atoms with Gasteiger partial charge >= 0.3 is 0 Å².